The van der Waals surface area contributed by atoms with Crippen molar-refractivity contribution >= 4 is 29.1 Å². The van der Waals surface area contributed by atoms with Crippen LogP contribution in [-0.4, -0.2) is 10.7 Å². The summed E-state index contributed by atoms with van der Waals surface area (Å²) in [6.45, 7) is 2.17. The van der Waals surface area contributed by atoms with Crippen molar-refractivity contribution in [1.29, 1.82) is 0 Å². The van der Waals surface area contributed by atoms with Gasteiger partial charge in [0, 0.05) is 0 Å². The molecule has 0 saturated carbocycles. The van der Waals surface area contributed by atoms with E-state index in [1.54, 1.807) is 24.0 Å². The molecule has 0 unspecified atom stereocenters. The fraction of sp³-hybridized carbons (Fsp3) is 0.444. The normalized spacial score (nSPS) is 10.3. The maximum Gasteiger partial charge on any atom is 0.115 e. The Morgan fingerprint density at radius 2 is 2.38 bits per heavy atom. The third-order valence-electron chi connectivity index (χ3n) is 1.57. The molecule has 0 radical (unpaired) electrons. The summed E-state index contributed by atoms with van der Waals surface area (Å²) in [5.74, 6) is 1.06. The summed E-state index contributed by atoms with van der Waals surface area (Å²) in [5, 5.41) is 1.53. The van der Waals surface area contributed by atoms with Crippen LogP contribution in [0.1, 0.15) is 19.8 Å². The van der Waals surface area contributed by atoms with Gasteiger partial charge in [-0.2, -0.15) is 0 Å². The second kappa shape index (κ2) is 5.35. The van der Waals surface area contributed by atoms with E-state index in [1.807, 2.05) is 0 Å². The number of nitrogen functional groups attached to an aromatic ring is 1. The summed E-state index contributed by atoms with van der Waals surface area (Å²) in [6.07, 6.45) is 4.02. The number of aromatic nitrogens is 1. The fourth-order valence-electron chi connectivity index (χ4n) is 0.860. The van der Waals surface area contributed by atoms with E-state index >= 15 is 0 Å². The lowest BCUT2D eigenvalue weighted by Crippen LogP contribution is -1.89. The molecule has 0 fully saturated rings. The van der Waals surface area contributed by atoms with E-state index in [0.29, 0.717) is 10.7 Å². The zero-order chi connectivity index (χ0) is 9.68. The Morgan fingerprint density at radius 3 is 3.00 bits per heavy atom. The molecule has 13 heavy (non-hydrogen) atoms. The number of nitrogens with zero attached hydrogens (tertiary/aromatic N) is 1. The molecule has 0 aromatic carbocycles. The first kappa shape index (κ1) is 10.7. The molecule has 0 atom stereocenters. The summed E-state index contributed by atoms with van der Waals surface area (Å²) in [5.41, 5.74) is 6.14. The van der Waals surface area contributed by atoms with Crippen molar-refractivity contribution in [2.75, 3.05) is 11.5 Å². The molecule has 2 nitrogen and oxygen atoms in total. The van der Waals surface area contributed by atoms with Crippen molar-refractivity contribution in [3.63, 3.8) is 0 Å². The second-order valence-electron chi connectivity index (χ2n) is 2.76. The van der Waals surface area contributed by atoms with Crippen molar-refractivity contribution in [3.05, 3.63) is 17.3 Å². The van der Waals surface area contributed by atoms with Crippen molar-refractivity contribution in [2.45, 2.75) is 24.8 Å². The minimum atomic E-state index is 0.616. The van der Waals surface area contributed by atoms with E-state index in [-0.39, 0.29) is 0 Å². The van der Waals surface area contributed by atoms with Crippen LogP contribution in [0.3, 0.4) is 0 Å². The molecular weight excluding hydrogens is 204 g/mol. The first-order chi connectivity index (χ1) is 6.24. The predicted octanol–water partition coefficient (Wildman–Crippen LogP) is 3.21. The number of rotatable bonds is 4. The molecule has 1 aromatic rings. The van der Waals surface area contributed by atoms with Gasteiger partial charge in [-0.05, 0) is 18.2 Å². The minimum Gasteiger partial charge on any atom is -0.397 e. The molecule has 0 aliphatic heterocycles. The Morgan fingerprint density at radius 1 is 1.62 bits per heavy atom. The van der Waals surface area contributed by atoms with Crippen LogP contribution in [0.2, 0.25) is 5.02 Å². The average molecular weight is 217 g/mol. The van der Waals surface area contributed by atoms with E-state index in [4.69, 9.17) is 17.3 Å². The van der Waals surface area contributed by atoms with E-state index in [9.17, 15) is 0 Å². The second-order valence-corrected chi connectivity index (χ2v) is 4.25. The lowest BCUT2D eigenvalue weighted by atomic mass is 10.4. The van der Waals surface area contributed by atoms with Gasteiger partial charge in [-0.3, -0.25) is 0 Å². The fourth-order valence-corrected chi connectivity index (χ4v) is 2.15. The average Bonchev–Trinajstić information content (AvgIpc) is 2.09. The topological polar surface area (TPSA) is 38.9 Å². The zero-order valence-corrected chi connectivity index (χ0v) is 9.16. The largest absolute Gasteiger partial charge is 0.397 e. The summed E-state index contributed by atoms with van der Waals surface area (Å²) < 4.78 is 0. The molecule has 1 heterocycles. The lowest BCUT2D eigenvalue weighted by Gasteiger charge is -2.02. The zero-order valence-electron chi connectivity index (χ0n) is 7.59. The lowest BCUT2D eigenvalue weighted by molar-refractivity contribution is 0.894. The molecule has 0 amide bonds. The first-order valence-corrected chi connectivity index (χ1v) is 5.64. The van der Waals surface area contributed by atoms with Crippen LogP contribution in [0, 0.1) is 0 Å². The molecule has 0 spiro atoms. The number of anilines is 1. The Bertz CT molecular complexity index is 278. The van der Waals surface area contributed by atoms with Crippen LogP contribution in [0.4, 0.5) is 5.69 Å². The standard InChI is InChI=1S/C9H13ClN2S/c1-2-3-4-13-9-8(10)5-7(11)6-12-9/h5-6H,2-4,11H2,1H3. The monoisotopic (exact) mass is 216 g/mol. The van der Waals surface area contributed by atoms with Gasteiger partial charge in [0.15, 0.2) is 0 Å². The van der Waals surface area contributed by atoms with E-state index in [0.717, 1.165) is 10.8 Å². The maximum absolute atomic E-state index is 5.95. The Labute approximate surface area is 87.9 Å². The third-order valence-corrected chi connectivity index (χ3v) is 3.06. The molecule has 72 valence electrons. The van der Waals surface area contributed by atoms with Gasteiger partial charge in [0.25, 0.3) is 0 Å². The number of hydrogen-bond donors (Lipinski definition) is 1. The van der Waals surface area contributed by atoms with Gasteiger partial charge in [-0.1, -0.05) is 24.9 Å². The number of hydrogen-bond acceptors (Lipinski definition) is 3. The third kappa shape index (κ3) is 3.44. The Hall–Kier alpha value is -0.410. The quantitative estimate of drug-likeness (QED) is 0.621. The Balaban J connectivity index is 2.56. The SMILES string of the molecule is CCCCSc1ncc(N)cc1Cl. The summed E-state index contributed by atoms with van der Waals surface area (Å²) >= 11 is 7.63. The predicted molar refractivity (Wildman–Crippen MR) is 59.3 cm³/mol. The van der Waals surface area contributed by atoms with Crippen molar-refractivity contribution < 1.29 is 0 Å². The van der Waals surface area contributed by atoms with Gasteiger partial charge in [0.1, 0.15) is 5.03 Å². The van der Waals surface area contributed by atoms with Crippen molar-refractivity contribution in [1.82, 2.24) is 4.98 Å². The molecule has 1 aromatic heterocycles. The number of pyridine rings is 1. The number of halogens is 1. The van der Waals surface area contributed by atoms with Gasteiger partial charge >= 0.3 is 0 Å². The highest BCUT2D eigenvalue weighted by atomic mass is 35.5. The summed E-state index contributed by atoms with van der Waals surface area (Å²) in [6, 6.07) is 1.74. The first-order valence-electron chi connectivity index (χ1n) is 4.28. The molecular formula is C9H13ClN2S. The van der Waals surface area contributed by atoms with Crippen molar-refractivity contribution in [3.8, 4) is 0 Å². The molecule has 0 bridgehead atoms. The highest BCUT2D eigenvalue weighted by molar-refractivity contribution is 7.99. The summed E-state index contributed by atoms with van der Waals surface area (Å²) in [7, 11) is 0. The highest BCUT2D eigenvalue weighted by Crippen LogP contribution is 2.26. The van der Waals surface area contributed by atoms with Crippen LogP contribution in [0.15, 0.2) is 17.3 Å². The van der Waals surface area contributed by atoms with Crippen LogP contribution in [-0.2, 0) is 0 Å². The molecule has 4 heteroatoms. The van der Waals surface area contributed by atoms with Crippen LogP contribution in [0.25, 0.3) is 0 Å². The van der Waals surface area contributed by atoms with Gasteiger partial charge in [0.05, 0.1) is 16.9 Å². The molecule has 2 N–H and O–H groups in total. The summed E-state index contributed by atoms with van der Waals surface area (Å²) in [4.78, 5) is 4.16. The van der Waals surface area contributed by atoms with Gasteiger partial charge < -0.3 is 5.73 Å². The van der Waals surface area contributed by atoms with Crippen LogP contribution < -0.4 is 5.73 Å². The number of unbranched alkanes of at least 4 members (excludes halogenated alkanes) is 1. The molecule has 0 saturated heterocycles. The van der Waals surface area contributed by atoms with E-state index in [1.165, 1.54) is 12.8 Å². The maximum atomic E-state index is 5.95. The van der Waals surface area contributed by atoms with Crippen LogP contribution in [0.5, 0.6) is 0 Å². The number of nitrogens with two attached hydrogens (primary N) is 1. The van der Waals surface area contributed by atoms with Gasteiger partial charge in [-0.25, -0.2) is 4.98 Å². The molecule has 0 aliphatic carbocycles. The molecule has 1 rings (SSSR count). The van der Waals surface area contributed by atoms with Crippen LogP contribution >= 0.6 is 23.4 Å². The Kier molecular flexibility index (Phi) is 4.39. The van der Waals surface area contributed by atoms with Crippen molar-refractivity contribution in [2.24, 2.45) is 0 Å². The number of thioether (sulfide) groups is 1. The van der Waals surface area contributed by atoms with E-state index in [2.05, 4.69) is 11.9 Å². The molecule has 0 aliphatic rings. The van der Waals surface area contributed by atoms with Gasteiger partial charge in [-0.15, -0.1) is 11.8 Å². The highest BCUT2D eigenvalue weighted by Gasteiger charge is 2.01. The minimum absolute atomic E-state index is 0.616. The van der Waals surface area contributed by atoms with E-state index < -0.39 is 0 Å². The smallest absolute Gasteiger partial charge is 0.115 e. The van der Waals surface area contributed by atoms with Gasteiger partial charge in [0.2, 0.25) is 0 Å².